The van der Waals surface area contributed by atoms with Crippen LogP contribution in [0.2, 0.25) is 0 Å². The predicted octanol–water partition coefficient (Wildman–Crippen LogP) is 2.84. The number of carbonyl (C=O) groups is 1. The van der Waals surface area contributed by atoms with Gasteiger partial charge < -0.3 is 10.2 Å². The number of nitrogens with one attached hydrogen (secondary N) is 1. The molecule has 0 unspecified atom stereocenters. The number of nitro groups is 1. The SMILES string of the molecule is CN1CCc2ccc(NC(=O)c3ccc([N+](=O)[O-])cc3)cc2C1. The van der Waals surface area contributed by atoms with Gasteiger partial charge in [-0.05, 0) is 48.9 Å². The molecule has 118 valence electrons. The fraction of sp³-hybridized carbons (Fsp3) is 0.235. The van der Waals surface area contributed by atoms with Gasteiger partial charge in [0.2, 0.25) is 0 Å². The molecular weight excluding hydrogens is 294 g/mol. The summed E-state index contributed by atoms with van der Waals surface area (Å²) >= 11 is 0. The highest BCUT2D eigenvalue weighted by atomic mass is 16.6. The van der Waals surface area contributed by atoms with Crippen LogP contribution in [0.5, 0.6) is 0 Å². The average molecular weight is 311 g/mol. The Morgan fingerprint density at radius 3 is 2.61 bits per heavy atom. The molecule has 6 nitrogen and oxygen atoms in total. The van der Waals surface area contributed by atoms with Crippen molar-refractivity contribution >= 4 is 17.3 Å². The topological polar surface area (TPSA) is 75.5 Å². The van der Waals surface area contributed by atoms with Crippen LogP contribution in [0.3, 0.4) is 0 Å². The molecule has 6 heteroatoms. The van der Waals surface area contributed by atoms with E-state index in [9.17, 15) is 14.9 Å². The Bertz CT molecular complexity index is 756. The first-order chi connectivity index (χ1) is 11.0. The monoisotopic (exact) mass is 311 g/mol. The highest BCUT2D eigenvalue weighted by molar-refractivity contribution is 6.04. The number of likely N-dealkylation sites (N-methyl/N-ethyl adjacent to an activating group) is 1. The molecule has 2 aromatic carbocycles. The zero-order chi connectivity index (χ0) is 16.4. The standard InChI is InChI=1S/C17H17N3O3/c1-19-9-8-12-2-5-15(10-14(12)11-19)18-17(21)13-3-6-16(7-4-13)20(22)23/h2-7,10H,8-9,11H2,1H3,(H,18,21). The summed E-state index contributed by atoms with van der Waals surface area (Å²) in [7, 11) is 2.07. The fourth-order valence-electron chi connectivity index (χ4n) is 2.71. The van der Waals surface area contributed by atoms with Crippen molar-refractivity contribution < 1.29 is 9.72 Å². The molecule has 0 aromatic heterocycles. The number of benzene rings is 2. The molecule has 1 N–H and O–H groups in total. The van der Waals surface area contributed by atoms with E-state index in [2.05, 4.69) is 17.3 Å². The molecule has 3 rings (SSSR count). The summed E-state index contributed by atoms with van der Waals surface area (Å²) in [5.74, 6) is -0.274. The smallest absolute Gasteiger partial charge is 0.269 e. The van der Waals surface area contributed by atoms with Crippen LogP contribution in [0.4, 0.5) is 11.4 Å². The molecule has 0 saturated carbocycles. The number of amides is 1. The van der Waals surface area contributed by atoms with Crippen molar-refractivity contribution in [3.8, 4) is 0 Å². The molecule has 1 amide bonds. The third-order valence-electron chi connectivity index (χ3n) is 4.01. The van der Waals surface area contributed by atoms with E-state index in [0.29, 0.717) is 5.56 Å². The number of non-ortho nitro benzene ring substituents is 1. The van der Waals surface area contributed by atoms with Crippen LogP contribution in [0.15, 0.2) is 42.5 Å². The first-order valence-electron chi connectivity index (χ1n) is 7.39. The van der Waals surface area contributed by atoms with Crippen LogP contribution in [-0.4, -0.2) is 29.3 Å². The number of carbonyl (C=O) groups excluding carboxylic acids is 1. The third-order valence-corrected chi connectivity index (χ3v) is 4.01. The number of nitro benzene ring substituents is 1. The maximum Gasteiger partial charge on any atom is 0.269 e. The molecular formula is C17H17N3O3. The largest absolute Gasteiger partial charge is 0.322 e. The van der Waals surface area contributed by atoms with Gasteiger partial charge in [-0.1, -0.05) is 6.07 Å². The summed E-state index contributed by atoms with van der Waals surface area (Å²) in [6.45, 7) is 1.91. The molecule has 0 atom stereocenters. The van der Waals surface area contributed by atoms with Crippen molar-refractivity contribution in [2.75, 3.05) is 18.9 Å². The van der Waals surface area contributed by atoms with Crippen LogP contribution in [0.1, 0.15) is 21.5 Å². The van der Waals surface area contributed by atoms with Gasteiger partial charge in [0.15, 0.2) is 0 Å². The predicted molar refractivity (Wildman–Crippen MR) is 87.5 cm³/mol. The van der Waals surface area contributed by atoms with E-state index in [-0.39, 0.29) is 11.6 Å². The minimum Gasteiger partial charge on any atom is -0.322 e. The van der Waals surface area contributed by atoms with E-state index < -0.39 is 4.92 Å². The van der Waals surface area contributed by atoms with Gasteiger partial charge in [-0.2, -0.15) is 0 Å². The maximum atomic E-state index is 12.2. The van der Waals surface area contributed by atoms with E-state index in [1.165, 1.54) is 35.4 Å². The molecule has 1 aliphatic rings. The van der Waals surface area contributed by atoms with Crippen molar-refractivity contribution in [3.63, 3.8) is 0 Å². The Balaban J connectivity index is 1.75. The van der Waals surface area contributed by atoms with Crippen molar-refractivity contribution in [2.45, 2.75) is 13.0 Å². The van der Waals surface area contributed by atoms with E-state index in [0.717, 1.165) is 25.2 Å². The van der Waals surface area contributed by atoms with Gasteiger partial charge in [0.25, 0.3) is 11.6 Å². The highest BCUT2D eigenvalue weighted by Gasteiger charge is 2.15. The van der Waals surface area contributed by atoms with E-state index in [1.54, 1.807) is 0 Å². The number of rotatable bonds is 3. The molecule has 0 aliphatic carbocycles. The second kappa shape index (κ2) is 6.18. The first kappa shape index (κ1) is 15.2. The zero-order valence-electron chi connectivity index (χ0n) is 12.8. The summed E-state index contributed by atoms with van der Waals surface area (Å²) in [5.41, 5.74) is 3.64. The number of anilines is 1. The lowest BCUT2D eigenvalue weighted by Crippen LogP contribution is -2.26. The molecule has 1 aliphatic heterocycles. The first-order valence-corrected chi connectivity index (χ1v) is 7.39. The second-order valence-electron chi connectivity index (χ2n) is 5.73. The van der Waals surface area contributed by atoms with Gasteiger partial charge in [-0.3, -0.25) is 14.9 Å². The van der Waals surface area contributed by atoms with Crippen LogP contribution >= 0.6 is 0 Å². The number of fused-ring (bicyclic) bond motifs is 1. The Labute approximate surface area is 133 Å². The molecule has 0 saturated heterocycles. The van der Waals surface area contributed by atoms with Crippen molar-refractivity contribution in [2.24, 2.45) is 0 Å². The van der Waals surface area contributed by atoms with Crippen LogP contribution in [0.25, 0.3) is 0 Å². The summed E-state index contributed by atoms with van der Waals surface area (Å²) in [6.07, 6.45) is 1.02. The van der Waals surface area contributed by atoms with Crippen molar-refractivity contribution in [3.05, 3.63) is 69.3 Å². The lowest BCUT2D eigenvalue weighted by Gasteiger charge is -2.25. The van der Waals surface area contributed by atoms with Gasteiger partial charge in [0, 0.05) is 36.5 Å². The maximum absolute atomic E-state index is 12.2. The summed E-state index contributed by atoms with van der Waals surface area (Å²) in [4.78, 5) is 24.6. The molecule has 0 bridgehead atoms. The van der Waals surface area contributed by atoms with E-state index >= 15 is 0 Å². The number of nitrogens with zero attached hydrogens (tertiary/aromatic N) is 2. The molecule has 0 spiro atoms. The minimum absolute atomic E-state index is 0.0293. The number of hydrogen-bond acceptors (Lipinski definition) is 4. The van der Waals surface area contributed by atoms with Crippen molar-refractivity contribution in [1.29, 1.82) is 0 Å². The summed E-state index contributed by atoms with van der Waals surface area (Å²) in [6, 6.07) is 11.5. The van der Waals surface area contributed by atoms with E-state index in [4.69, 9.17) is 0 Å². The van der Waals surface area contributed by atoms with Gasteiger partial charge in [0.05, 0.1) is 4.92 Å². The quantitative estimate of drug-likeness (QED) is 0.698. The second-order valence-corrected chi connectivity index (χ2v) is 5.73. The van der Waals surface area contributed by atoms with Gasteiger partial charge in [-0.25, -0.2) is 0 Å². The lowest BCUT2D eigenvalue weighted by atomic mass is 9.99. The lowest BCUT2D eigenvalue weighted by molar-refractivity contribution is -0.384. The van der Waals surface area contributed by atoms with E-state index in [1.807, 2.05) is 18.2 Å². The Kier molecular flexibility index (Phi) is 4.08. The highest BCUT2D eigenvalue weighted by Crippen LogP contribution is 2.22. The van der Waals surface area contributed by atoms with Gasteiger partial charge in [0.1, 0.15) is 0 Å². The van der Waals surface area contributed by atoms with Gasteiger partial charge in [-0.15, -0.1) is 0 Å². The van der Waals surface area contributed by atoms with Crippen LogP contribution in [-0.2, 0) is 13.0 Å². The number of hydrogen-bond donors (Lipinski definition) is 1. The Morgan fingerprint density at radius 2 is 1.91 bits per heavy atom. The molecule has 0 fully saturated rings. The average Bonchev–Trinajstić information content (AvgIpc) is 2.54. The van der Waals surface area contributed by atoms with Crippen molar-refractivity contribution in [1.82, 2.24) is 4.90 Å². The van der Waals surface area contributed by atoms with Crippen LogP contribution < -0.4 is 5.32 Å². The third kappa shape index (κ3) is 3.37. The molecule has 23 heavy (non-hydrogen) atoms. The minimum atomic E-state index is -0.484. The summed E-state index contributed by atoms with van der Waals surface area (Å²) < 4.78 is 0. The van der Waals surface area contributed by atoms with Gasteiger partial charge >= 0.3 is 0 Å². The Morgan fingerprint density at radius 1 is 1.17 bits per heavy atom. The molecule has 2 aromatic rings. The zero-order valence-corrected chi connectivity index (χ0v) is 12.8. The van der Waals surface area contributed by atoms with Crippen LogP contribution in [0, 0.1) is 10.1 Å². The normalized spacial score (nSPS) is 14.1. The Hall–Kier alpha value is -2.73. The molecule has 1 heterocycles. The molecule has 0 radical (unpaired) electrons. The fourth-order valence-corrected chi connectivity index (χ4v) is 2.71. The summed E-state index contributed by atoms with van der Waals surface area (Å²) in [5, 5.41) is 13.5.